The molecule has 100 valence electrons. The molecule has 1 heterocycles. The zero-order valence-electron chi connectivity index (χ0n) is 10.2. The lowest BCUT2D eigenvalue weighted by molar-refractivity contribution is 0.478. The molecule has 0 unspecified atom stereocenters. The molecule has 2 N–H and O–H groups in total. The van der Waals surface area contributed by atoms with Gasteiger partial charge in [-0.2, -0.15) is 0 Å². The minimum absolute atomic E-state index is 0.0743. The average Bonchev–Trinajstić information content (AvgIpc) is 2.34. The van der Waals surface area contributed by atoms with Crippen LogP contribution >= 0.6 is 12.2 Å². The van der Waals surface area contributed by atoms with Crippen LogP contribution in [0.5, 0.6) is 0 Å². The zero-order valence-corrected chi connectivity index (χ0v) is 11.9. The second-order valence-electron chi connectivity index (χ2n) is 3.96. The monoisotopic (exact) mass is 287 g/mol. The van der Waals surface area contributed by atoms with Gasteiger partial charge in [0.2, 0.25) is 10.0 Å². The van der Waals surface area contributed by atoms with E-state index in [1.807, 2.05) is 12.1 Å². The molecule has 7 heteroatoms. The second kappa shape index (κ2) is 6.77. The zero-order chi connectivity index (χ0) is 13.6. The SMILES string of the molecule is CN(CCC(N)=S)S(=O)(=O)CCc1ccncc1. The van der Waals surface area contributed by atoms with Crippen molar-refractivity contribution in [1.82, 2.24) is 9.29 Å². The van der Waals surface area contributed by atoms with Crippen LogP contribution in [0.3, 0.4) is 0 Å². The summed E-state index contributed by atoms with van der Waals surface area (Å²) in [5.41, 5.74) is 6.31. The fourth-order valence-corrected chi connectivity index (χ4v) is 2.62. The number of aryl methyl sites for hydroxylation is 1. The molecule has 0 aliphatic rings. The Balaban J connectivity index is 2.51. The van der Waals surface area contributed by atoms with Crippen LogP contribution in [0.4, 0.5) is 0 Å². The number of thiocarbonyl (C=S) groups is 1. The van der Waals surface area contributed by atoms with Crippen LogP contribution in [0.1, 0.15) is 12.0 Å². The van der Waals surface area contributed by atoms with Crippen molar-refractivity contribution in [3.8, 4) is 0 Å². The molecule has 0 spiro atoms. The molecule has 0 radical (unpaired) electrons. The summed E-state index contributed by atoms with van der Waals surface area (Å²) in [5, 5.41) is 0. The van der Waals surface area contributed by atoms with Crippen molar-refractivity contribution in [2.45, 2.75) is 12.8 Å². The van der Waals surface area contributed by atoms with E-state index in [0.29, 0.717) is 24.4 Å². The van der Waals surface area contributed by atoms with Crippen LogP contribution in [-0.4, -0.2) is 42.0 Å². The van der Waals surface area contributed by atoms with Gasteiger partial charge in [-0.15, -0.1) is 0 Å². The highest BCUT2D eigenvalue weighted by Gasteiger charge is 2.17. The molecule has 0 aliphatic carbocycles. The van der Waals surface area contributed by atoms with Crippen LogP contribution in [0.15, 0.2) is 24.5 Å². The van der Waals surface area contributed by atoms with Crippen LogP contribution in [0.2, 0.25) is 0 Å². The van der Waals surface area contributed by atoms with Crippen LogP contribution < -0.4 is 5.73 Å². The van der Waals surface area contributed by atoms with E-state index in [1.54, 1.807) is 19.4 Å². The van der Waals surface area contributed by atoms with Gasteiger partial charge in [0, 0.05) is 32.4 Å². The molecule has 1 aromatic heterocycles. The Morgan fingerprint density at radius 3 is 2.61 bits per heavy atom. The Hall–Kier alpha value is -1.05. The lowest BCUT2D eigenvalue weighted by Crippen LogP contribution is -2.32. The van der Waals surface area contributed by atoms with E-state index in [1.165, 1.54) is 4.31 Å². The van der Waals surface area contributed by atoms with E-state index >= 15 is 0 Å². The Morgan fingerprint density at radius 1 is 1.44 bits per heavy atom. The van der Waals surface area contributed by atoms with Gasteiger partial charge in [0.05, 0.1) is 10.7 Å². The van der Waals surface area contributed by atoms with Crippen LogP contribution in [-0.2, 0) is 16.4 Å². The van der Waals surface area contributed by atoms with E-state index in [4.69, 9.17) is 18.0 Å². The first kappa shape index (κ1) is 15.0. The predicted octanol–water partition coefficient (Wildman–Crippen LogP) is 0.562. The van der Waals surface area contributed by atoms with E-state index in [2.05, 4.69) is 4.98 Å². The Morgan fingerprint density at radius 2 is 2.06 bits per heavy atom. The predicted molar refractivity (Wildman–Crippen MR) is 75.8 cm³/mol. The van der Waals surface area contributed by atoms with E-state index in [0.717, 1.165) is 5.56 Å². The standard InChI is InChI=1S/C11H17N3O2S2/c1-14(8-4-11(12)17)18(15,16)9-5-10-2-6-13-7-3-10/h2-3,6-7H,4-5,8-9H2,1H3,(H2,12,17). The molecule has 0 saturated carbocycles. The van der Waals surface area contributed by atoms with Gasteiger partial charge in [-0.25, -0.2) is 12.7 Å². The van der Waals surface area contributed by atoms with Crippen molar-refractivity contribution in [1.29, 1.82) is 0 Å². The molecular formula is C11H17N3O2S2. The highest BCUT2D eigenvalue weighted by atomic mass is 32.2. The molecule has 0 amide bonds. The quantitative estimate of drug-likeness (QED) is 0.742. The molecule has 0 saturated heterocycles. The Kier molecular flexibility index (Phi) is 5.64. The lowest BCUT2D eigenvalue weighted by Gasteiger charge is -2.16. The molecule has 0 aliphatic heterocycles. The largest absolute Gasteiger partial charge is 0.393 e. The summed E-state index contributed by atoms with van der Waals surface area (Å²) in [6.45, 7) is 0.327. The van der Waals surface area contributed by atoms with Gasteiger partial charge in [0.15, 0.2) is 0 Å². The highest BCUT2D eigenvalue weighted by Crippen LogP contribution is 2.05. The summed E-state index contributed by atoms with van der Waals surface area (Å²) in [6.07, 6.45) is 4.18. The maximum atomic E-state index is 11.9. The van der Waals surface area contributed by atoms with E-state index in [-0.39, 0.29) is 5.75 Å². The van der Waals surface area contributed by atoms with Crippen molar-refractivity contribution in [2.75, 3.05) is 19.3 Å². The summed E-state index contributed by atoms with van der Waals surface area (Å²) >= 11 is 4.73. The molecule has 18 heavy (non-hydrogen) atoms. The first-order valence-electron chi connectivity index (χ1n) is 5.53. The number of nitrogens with zero attached hydrogens (tertiary/aromatic N) is 2. The molecule has 1 aromatic rings. The number of hydrogen-bond donors (Lipinski definition) is 1. The third kappa shape index (κ3) is 5.07. The van der Waals surface area contributed by atoms with E-state index < -0.39 is 10.0 Å². The highest BCUT2D eigenvalue weighted by molar-refractivity contribution is 7.89. The number of pyridine rings is 1. The maximum Gasteiger partial charge on any atom is 0.214 e. The molecular weight excluding hydrogens is 270 g/mol. The number of aromatic nitrogens is 1. The number of hydrogen-bond acceptors (Lipinski definition) is 4. The normalized spacial score (nSPS) is 11.7. The van der Waals surface area contributed by atoms with Gasteiger partial charge in [-0.05, 0) is 24.1 Å². The van der Waals surface area contributed by atoms with Crippen molar-refractivity contribution in [3.63, 3.8) is 0 Å². The third-order valence-corrected chi connectivity index (χ3v) is 4.60. The second-order valence-corrected chi connectivity index (χ2v) is 6.68. The molecule has 0 aromatic carbocycles. The molecule has 0 bridgehead atoms. The van der Waals surface area contributed by atoms with E-state index in [9.17, 15) is 8.42 Å². The third-order valence-electron chi connectivity index (χ3n) is 2.55. The topological polar surface area (TPSA) is 76.3 Å². The molecule has 0 atom stereocenters. The van der Waals surface area contributed by atoms with Gasteiger partial charge in [-0.1, -0.05) is 12.2 Å². The van der Waals surface area contributed by atoms with Gasteiger partial charge >= 0.3 is 0 Å². The number of rotatable bonds is 7. The summed E-state index contributed by atoms with van der Waals surface area (Å²) in [4.78, 5) is 4.21. The summed E-state index contributed by atoms with van der Waals surface area (Å²) in [7, 11) is -1.71. The Labute approximate surface area is 113 Å². The smallest absolute Gasteiger partial charge is 0.214 e. The van der Waals surface area contributed by atoms with Crippen LogP contribution in [0, 0.1) is 0 Å². The van der Waals surface area contributed by atoms with Gasteiger partial charge in [0.1, 0.15) is 0 Å². The van der Waals surface area contributed by atoms with Gasteiger partial charge < -0.3 is 5.73 Å². The number of sulfonamides is 1. The summed E-state index contributed by atoms with van der Waals surface area (Å²) < 4.78 is 25.2. The molecule has 1 rings (SSSR count). The van der Waals surface area contributed by atoms with Gasteiger partial charge in [-0.3, -0.25) is 4.98 Å². The molecule has 5 nitrogen and oxygen atoms in total. The van der Waals surface area contributed by atoms with Crippen molar-refractivity contribution in [3.05, 3.63) is 30.1 Å². The average molecular weight is 287 g/mol. The minimum Gasteiger partial charge on any atom is -0.393 e. The lowest BCUT2D eigenvalue weighted by atomic mass is 10.2. The summed E-state index contributed by atoms with van der Waals surface area (Å²) in [6, 6.07) is 3.62. The van der Waals surface area contributed by atoms with Gasteiger partial charge in [0.25, 0.3) is 0 Å². The van der Waals surface area contributed by atoms with Crippen molar-refractivity contribution < 1.29 is 8.42 Å². The van der Waals surface area contributed by atoms with Crippen molar-refractivity contribution in [2.24, 2.45) is 5.73 Å². The van der Waals surface area contributed by atoms with Crippen molar-refractivity contribution >= 4 is 27.2 Å². The van der Waals surface area contributed by atoms with Crippen LogP contribution in [0.25, 0.3) is 0 Å². The minimum atomic E-state index is -3.26. The molecule has 0 fully saturated rings. The number of nitrogens with two attached hydrogens (primary N) is 1. The fourth-order valence-electron chi connectivity index (χ4n) is 1.36. The first-order valence-corrected chi connectivity index (χ1v) is 7.55. The Bertz CT molecular complexity index is 488. The summed E-state index contributed by atoms with van der Waals surface area (Å²) in [5.74, 6) is 0.0743. The maximum absolute atomic E-state index is 11.9. The fraction of sp³-hybridized carbons (Fsp3) is 0.455. The first-order chi connectivity index (χ1) is 8.42.